The maximum atomic E-state index is 12.1. The Bertz CT molecular complexity index is 651. The van der Waals surface area contributed by atoms with Gasteiger partial charge in [0.15, 0.2) is 0 Å². The van der Waals surface area contributed by atoms with Crippen LogP contribution < -0.4 is 10.0 Å². The zero-order valence-corrected chi connectivity index (χ0v) is 13.4. The number of anilines is 1. The molecule has 0 bridgehead atoms. The predicted molar refractivity (Wildman–Crippen MR) is 82.0 cm³/mol. The van der Waals surface area contributed by atoms with Crippen molar-refractivity contribution in [1.29, 1.82) is 0 Å². The van der Waals surface area contributed by atoms with Crippen molar-refractivity contribution in [2.24, 2.45) is 0 Å². The first-order valence-electron chi connectivity index (χ1n) is 5.51. The number of rotatable bonds is 5. The fraction of sp³-hybridized carbons (Fsp3) is 0.167. The fourth-order valence-corrected chi connectivity index (χ4v) is 3.99. The lowest BCUT2D eigenvalue weighted by molar-refractivity contribution is 0.582. The van der Waals surface area contributed by atoms with Gasteiger partial charge >= 0.3 is 0 Å². The number of hydrogen-bond donors (Lipinski definition) is 2. The predicted octanol–water partition coefficient (Wildman–Crippen LogP) is 3.03. The molecule has 102 valence electrons. The van der Waals surface area contributed by atoms with Gasteiger partial charge in [0, 0.05) is 34.0 Å². The summed E-state index contributed by atoms with van der Waals surface area (Å²) in [6.45, 7) is 0.298. The second-order valence-corrected chi connectivity index (χ2v) is 7.51. The van der Waals surface area contributed by atoms with Crippen LogP contribution in [0.1, 0.15) is 4.88 Å². The number of thiophene rings is 1. The lowest BCUT2D eigenvalue weighted by atomic mass is 10.3. The normalized spacial score (nSPS) is 11.5. The van der Waals surface area contributed by atoms with Crippen LogP contribution in [-0.2, 0) is 16.6 Å². The number of sulfonamides is 1. The Balaban J connectivity index is 2.09. The first-order valence-corrected chi connectivity index (χ1v) is 8.67. The summed E-state index contributed by atoms with van der Waals surface area (Å²) >= 11 is 4.85. The monoisotopic (exact) mass is 360 g/mol. The average Bonchev–Trinajstić information content (AvgIpc) is 2.82. The molecule has 0 spiro atoms. The molecule has 0 aliphatic heterocycles. The van der Waals surface area contributed by atoms with Gasteiger partial charge in [-0.05, 0) is 46.3 Å². The largest absolute Gasteiger partial charge is 0.388 e. The molecular weight excluding hydrogens is 348 g/mol. The number of hydrogen-bond acceptors (Lipinski definition) is 4. The SMILES string of the molecule is CNc1ccc(S(=O)(=O)NCc2cc(Br)cs2)cc1. The van der Waals surface area contributed by atoms with Crippen LogP contribution >= 0.6 is 27.3 Å². The highest BCUT2D eigenvalue weighted by atomic mass is 79.9. The van der Waals surface area contributed by atoms with Gasteiger partial charge in [-0.15, -0.1) is 11.3 Å². The maximum absolute atomic E-state index is 12.1. The second kappa shape index (κ2) is 6.04. The summed E-state index contributed by atoms with van der Waals surface area (Å²) in [4.78, 5) is 1.23. The molecule has 7 heteroatoms. The molecule has 19 heavy (non-hydrogen) atoms. The molecule has 2 rings (SSSR count). The van der Waals surface area contributed by atoms with Crippen molar-refractivity contribution in [1.82, 2.24) is 4.72 Å². The molecule has 4 nitrogen and oxygen atoms in total. The highest BCUT2D eigenvalue weighted by molar-refractivity contribution is 9.10. The number of halogens is 1. The van der Waals surface area contributed by atoms with Gasteiger partial charge in [-0.3, -0.25) is 0 Å². The van der Waals surface area contributed by atoms with E-state index in [4.69, 9.17) is 0 Å². The summed E-state index contributed by atoms with van der Waals surface area (Å²) < 4.78 is 27.7. The smallest absolute Gasteiger partial charge is 0.240 e. The van der Waals surface area contributed by atoms with E-state index in [0.717, 1.165) is 15.0 Å². The van der Waals surface area contributed by atoms with Crippen molar-refractivity contribution in [3.05, 3.63) is 45.1 Å². The molecule has 0 amide bonds. The quantitative estimate of drug-likeness (QED) is 0.861. The van der Waals surface area contributed by atoms with Crippen molar-refractivity contribution in [3.8, 4) is 0 Å². The summed E-state index contributed by atoms with van der Waals surface area (Å²) in [5.41, 5.74) is 0.876. The molecule has 2 N–H and O–H groups in total. The Labute approximate surface area is 125 Å². The lowest BCUT2D eigenvalue weighted by Crippen LogP contribution is -2.22. The Morgan fingerprint density at radius 3 is 2.47 bits per heavy atom. The third kappa shape index (κ3) is 3.79. The summed E-state index contributed by atoms with van der Waals surface area (Å²) in [7, 11) is -1.67. The number of nitrogens with one attached hydrogen (secondary N) is 2. The Kier molecular flexibility index (Phi) is 4.62. The third-order valence-corrected chi connectivity index (χ3v) is 5.63. The minimum atomic E-state index is -3.46. The van der Waals surface area contributed by atoms with Crippen molar-refractivity contribution in [3.63, 3.8) is 0 Å². The van der Waals surface area contributed by atoms with E-state index in [0.29, 0.717) is 6.54 Å². The van der Waals surface area contributed by atoms with Gasteiger partial charge in [0.25, 0.3) is 0 Å². The van der Waals surface area contributed by atoms with Crippen LogP contribution in [0.5, 0.6) is 0 Å². The van der Waals surface area contributed by atoms with Crippen LogP contribution in [0.15, 0.2) is 45.1 Å². The van der Waals surface area contributed by atoms with Crippen LogP contribution in [0, 0.1) is 0 Å². The molecule has 0 saturated carbocycles. The minimum absolute atomic E-state index is 0.266. The van der Waals surface area contributed by atoms with Crippen LogP contribution in [0.2, 0.25) is 0 Å². The topological polar surface area (TPSA) is 58.2 Å². The van der Waals surface area contributed by atoms with Crippen LogP contribution in [0.3, 0.4) is 0 Å². The molecule has 1 heterocycles. The highest BCUT2D eigenvalue weighted by Crippen LogP contribution is 2.20. The standard InChI is InChI=1S/C12H13BrN2O2S2/c1-14-10-2-4-12(5-3-10)19(16,17)15-7-11-6-9(13)8-18-11/h2-6,8,14-15H,7H2,1H3. The van der Waals surface area contributed by atoms with Crippen molar-refractivity contribution in [2.75, 3.05) is 12.4 Å². The van der Waals surface area contributed by atoms with E-state index in [1.807, 2.05) is 11.4 Å². The van der Waals surface area contributed by atoms with Gasteiger partial charge < -0.3 is 5.32 Å². The van der Waals surface area contributed by atoms with Crippen molar-refractivity contribution >= 4 is 43.0 Å². The van der Waals surface area contributed by atoms with Crippen molar-refractivity contribution < 1.29 is 8.42 Å². The first kappa shape index (κ1) is 14.5. The highest BCUT2D eigenvalue weighted by Gasteiger charge is 2.13. The van der Waals surface area contributed by atoms with Gasteiger partial charge in [-0.2, -0.15) is 0 Å². The summed E-state index contributed by atoms with van der Waals surface area (Å²) in [6.07, 6.45) is 0. The molecule has 1 aromatic heterocycles. The zero-order chi connectivity index (χ0) is 13.9. The summed E-state index contributed by atoms with van der Waals surface area (Å²) in [5.74, 6) is 0. The molecule has 0 aliphatic rings. The average molecular weight is 361 g/mol. The maximum Gasteiger partial charge on any atom is 0.240 e. The zero-order valence-electron chi connectivity index (χ0n) is 10.2. The van der Waals surface area contributed by atoms with E-state index in [1.54, 1.807) is 31.3 Å². The van der Waals surface area contributed by atoms with Gasteiger partial charge in [-0.1, -0.05) is 0 Å². The minimum Gasteiger partial charge on any atom is -0.388 e. The molecule has 0 atom stereocenters. The first-order chi connectivity index (χ1) is 9.01. The second-order valence-electron chi connectivity index (χ2n) is 3.83. The molecule has 1 aromatic carbocycles. The molecule has 0 radical (unpaired) electrons. The molecule has 0 unspecified atom stereocenters. The van der Waals surface area contributed by atoms with E-state index >= 15 is 0 Å². The van der Waals surface area contributed by atoms with E-state index < -0.39 is 10.0 Å². The third-order valence-electron chi connectivity index (χ3n) is 2.51. The molecular formula is C12H13BrN2O2S2. The van der Waals surface area contributed by atoms with Crippen molar-refractivity contribution in [2.45, 2.75) is 11.4 Å². The molecule has 0 saturated heterocycles. The Hall–Kier alpha value is -0.890. The molecule has 0 aliphatic carbocycles. The number of benzene rings is 1. The summed E-state index contributed by atoms with van der Waals surface area (Å²) in [6, 6.07) is 8.53. The van der Waals surface area contributed by atoms with Gasteiger partial charge in [0.2, 0.25) is 10.0 Å². The molecule has 0 fully saturated rings. The van der Waals surface area contributed by atoms with E-state index in [9.17, 15) is 8.42 Å². The van der Waals surface area contributed by atoms with E-state index in [-0.39, 0.29) is 4.90 Å². The lowest BCUT2D eigenvalue weighted by Gasteiger charge is -2.06. The Morgan fingerprint density at radius 2 is 1.95 bits per heavy atom. The van der Waals surface area contributed by atoms with Crippen LogP contribution in [0.25, 0.3) is 0 Å². The van der Waals surface area contributed by atoms with E-state index in [2.05, 4.69) is 26.0 Å². The van der Waals surface area contributed by atoms with Crippen LogP contribution in [0.4, 0.5) is 5.69 Å². The van der Waals surface area contributed by atoms with E-state index in [1.165, 1.54) is 11.3 Å². The van der Waals surface area contributed by atoms with Gasteiger partial charge in [-0.25, -0.2) is 13.1 Å². The van der Waals surface area contributed by atoms with Gasteiger partial charge in [0.05, 0.1) is 4.90 Å². The van der Waals surface area contributed by atoms with Gasteiger partial charge in [0.1, 0.15) is 0 Å². The van der Waals surface area contributed by atoms with Crippen LogP contribution in [-0.4, -0.2) is 15.5 Å². The Morgan fingerprint density at radius 1 is 1.26 bits per heavy atom. The fourth-order valence-electron chi connectivity index (χ4n) is 1.50. The molecule has 2 aromatic rings. The summed E-state index contributed by atoms with van der Waals surface area (Å²) in [5, 5.41) is 4.87.